The highest BCUT2D eigenvalue weighted by atomic mass is 16.5. The molecule has 6 nitrogen and oxygen atoms in total. The third kappa shape index (κ3) is 5.18. The summed E-state index contributed by atoms with van der Waals surface area (Å²) in [5.74, 6) is 1.58. The number of nitrogens with one attached hydrogen (secondary N) is 1. The van der Waals surface area contributed by atoms with Crippen LogP contribution in [-0.4, -0.2) is 62.2 Å². The van der Waals surface area contributed by atoms with Crippen LogP contribution in [0.2, 0.25) is 0 Å². The topological polar surface area (TPSA) is 57.7 Å². The first-order chi connectivity index (χ1) is 11.5. The lowest BCUT2D eigenvalue weighted by Crippen LogP contribution is -2.55. The number of aromatic nitrogens is 1. The van der Waals surface area contributed by atoms with Crippen molar-refractivity contribution in [3.05, 3.63) is 23.9 Å². The van der Waals surface area contributed by atoms with Gasteiger partial charge in [-0.3, -0.25) is 9.69 Å². The molecule has 1 atom stereocenters. The molecule has 0 aromatic carbocycles. The molecule has 1 aliphatic rings. The molecule has 1 N–H and O–H groups in total. The summed E-state index contributed by atoms with van der Waals surface area (Å²) in [7, 11) is 3.71. The van der Waals surface area contributed by atoms with Gasteiger partial charge in [0.25, 0.3) is 0 Å². The number of carbonyl (C=O) groups is 1. The van der Waals surface area contributed by atoms with Crippen molar-refractivity contribution >= 4 is 11.7 Å². The Hall–Kier alpha value is -1.66. The first-order valence-corrected chi connectivity index (χ1v) is 8.68. The van der Waals surface area contributed by atoms with E-state index < -0.39 is 0 Å². The van der Waals surface area contributed by atoms with E-state index in [1.54, 1.807) is 7.11 Å². The SMILES string of the molecule is COCCN(C)c1ccc(CN2CCNC(=O)C2CC(C)C)cn1. The van der Waals surface area contributed by atoms with E-state index in [9.17, 15) is 4.79 Å². The summed E-state index contributed by atoms with van der Waals surface area (Å²) in [4.78, 5) is 21.1. The minimum absolute atomic E-state index is 0.0391. The molecule has 6 heteroatoms. The molecule has 134 valence electrons. The zero-order chi connectivity index (χ0) is 17.5. The molecule has 1 fully saturated rings. The van der Waals surface area contributed by atoms with Crippen molar-refractivity contribution in [3.63, 3.8) is 0 Å². The van der Waals surface area contributed by atoms with Crippen molar-refractivity contribution in [2.45, 2.75) is 32.9 Å². The molecule has 0 radical (unpaired) electrons. The lowest BCUT2D eigenvalue weighted by molar-refractivity contribution is -0.130. The first kappa shape index (κ1) is 18.7. The maximum absolute atomic E-state index is 12.2. The largest absolute Gasteiger partial charge is 0.383 e. The maximum atomic E-state index is 12.2. The Bertz CT molecular complexity index is 518. The average molecular weight is 334 g/mol. The quantitative estimate of drug-likeness (QED) is 0.781. The van der Waals surface area contributed by atoms with Crippen molar-refractivity contribution in [1.29, 1.82) is 0 Å². The Labute approximate surface area is 145 Å². The molecule has 1 aromatic rings. The summed E-state index contributed by atoms with van der Waals surface area (Å²) in [5, 5.41) is 2.98. The van der Waals surface area contributed by atoms with Gasteiger partial charge in [0, 0.05) is 46.5 Å². The number of likely N-dealkylation sites (N-methyl/N-ethyl adjacent to an activating group) is 1. The molecule has 24 heavy (non-hydrogen) atoms. The highest BCUT2D eigenvalue weighted by molar-refractivity contribution is 5.82. The monoisotopic (exact) mass is 334 g/mol. The Kier molecular flexibility index (Phi) is 6.99. The lowest BCUT2D eigenvalue weighted by Gasteiger charge is -2.36. The molecule has 2 rings (SSSR count). The van der Waals surface area contributed by atoms with E-state index in [0.29, 0.717) is 12.5 Å². The smallest absolute Gasteiger partial charge is 0.237 e. The Balaban J connectivity index is 1.99. The van der Waals surface area contributed by atoms with Gasteiger partial charge in [-0.2, -0.15) is 0 Å². The zero-order valence-electron chi connectivity index (χ0n) is 15.3. The summed E-state index contributed by atoms with van der Waals surface area (Å²) in [5.41, 5.74) is 1.14. The minimum atomic E-state index is -0.0391. The summed E-state index contributed by atoms with van der Waals surface area (Å²) < 4.78 is 5.10. The highest BCUT2D eigenvalue weighted by Crippen LogP contribution is 2.18. The predicted octanol–water partition coefficient (Wildman–Crippen LogP) is 1.51. The summed E-state index contributed by atoms with van der Waals surface area (Å²) >= 11 is 0. The fourth-order valence-electron chi connectivity index (χ4n) is 2.97. The van der Waals surface area contributed by atoms with Crippen molar-refractivity contribution < 1.29 is 9.53 Å². The standard InChI is InChI=1S/C18H30N4O2/c1-14(2)11-16-18(23)19-7-8-22(16)13-15-5-6-17(20-12-15)21(3)9-10-24-4/h5-6,12,14,16H,7-11,13H2,1-4H3,(H,19,23). The van der Waals surface area contributed by atoms with Crippen LogP contribution in [0, 0.1) is 5.92 Å². The van der Waals surface area contributed by atoms with E-state index in [-0.39, 0.29) is 11.9 Å². The number of pyridine rings is 1. The van der Waals surface area contributed by atoms with Crippen molar-refractivity contribution in [2.75, 3.05) is 45.3 Å². The fourth-order valence-corrected chi connectivity index (χ4v) is 2.97. The first-order valence-electron chi connectivity index (χ1n) is 8.68. The summed E-state index contributed by atoms with van der Waals surface area (Å²) in [6.45, 7) is 8.18. The number of hydrogen-bond donors (Lipinski definition) is 1. The van der Waals surface area contributed by atoms with Gasteiger partial charge in [0.1, 0.15) is 5.82 Å². The van der Waals surface area contributed by atoms with E-state index in [2.05, 4.69) is 40.0 Å². The van der Waals surface area contributed by atoms with Gasteiger partial charge in [-0.15, -0.1) is 0 Å². The van der Waals surface area contributed by atoms with Crippen LogP contribution in [0.4, 0.5) is 5.82 Å². The third-order valence-corrected chi connectivity index (χ3v) is 4.35. The molecule has 0 saturated carbocycles. The van der Waals surface area contributed by atoms with Gasteiger partial charge >= 0.3 is 0 Å². The van der Waals surface area contributed by atoms with Crippen LogP contribution in [0.25, 0.3) is 0 Å². The van der Waals surface area contributed by atoms with Crippen LogP contribution in [0.1, 0.15) is 25.8 Å². The lowest BCUT2D eigenvalue weighted by atomic mass is 9.99. The number of methoxy groups -OCH3 is 1. The molecular weight excluding hydrogens is 304 g/mol. The Morgan fingerprint density at radius 2 is 2.25 bits per heavy atom. The number of anilines is 1. The number of rotatable bonds is 8. The number of amides is 1. The van der Waals surface area contributed by atoms with Gasteiger partial charge in [-0.25, -0.2) is 4.98 Å². The zero-order valence-corrected chi connectivity index (χ0v) is 15.3. The molecular formula is C18H30N4O2. The summed E-state index contributed by atoms with van der Waals surface area (Å²) in [6.07, 6.45) is 2.80. The van der Waals surface area contributed by atoms with Gasteiger partial charge in [0.2, 0.25) is 5.91 Å². The average Bonchev–Trinajstić information content (AvgIpc) is 2.56. The molecule has 1 saturated heterocycles. The Morgan fingerprint density at radius 1 is 1.46 bits per heavy atom. The second-order valence-electron chi connectivity index (χ2n) is 6.85. The molecule has 2 heterocycles. The fraction of sp³-hybridized carbons (Fsp3) is 0.667. The molecule has 1 amide bonds. The van der Waals surface area contributed by atoms with E-state index in [0.717, 1.165) is 44.0 Å². The molecule has 1 aromatic heterocycles. The van der Waals surface area contributed by atoms with E-state index in [1.165, 1.54) is 0 Å². The van der Waals surface area contributed by atoms with Crippen LogP contribution in [0.15, 0.2) is 18.3 Å². The summed E-state index contributed by atoms with van der Waals surface area (Å²) in [6, 6.07) is 4.10. The number of nitrogens with zero attached hydrogens (tertiary/aromatic N) is 3. The van der Waals surface area contributed by atoms with Crippen molar-refractivity contribution in [1.82, 2.24) is 15.2 Å². The van der Waals surface area contributed by atoms with E-state index in [4.69, 9.17) is 4.74 Å². The number of hydrogen-bond acceptors (Lipinski definition) is 5. The van der Waals surface area contributed by atoms with E-state index >= 15 is 0 Å². The van der Waals surface area contributed by atoms with Gasteiger partial charge < -0.3 is 15.0 Å². The second kappa shape index (κ2) is 8.99. The maximum Gasteiger partial charge on any atom is 0.237 e. The number of ether oxygens (including phenoxy) is 1. The predicted molar refractivity (Wildman–Crippen MR) is 96.0 cm³/mol. The highest BCUT2D eigenvalue weighted by Gasteiger charge is 2.30. The number of piperazine rings is 1. The van der Waals surface area contributed by atoms with Crippen molar-refractivity contribution in [3.8, 4) is 0 Å². The van der Waals surface area contributed by atoms with Crippen LogP contribution in [-0.2, 0) is 16.1 Å². The van der Waals surface area contributed by atoms with Gasteiger partial charge in [0.15, 0.2) is 0 Å². The number of carbonyl (C=O) groups excluding carboxylic acids is 1. The van der Waals surface area contributed by atoms with Gasteiger partial charge in [-0.05, 0) is 24.0 Å². The molecule has 0 aliphatic carbocycles. The van der Waals surface area contributed by atoms with Crippen LogP contribution < -0.4 is 10.2 Å². The minimum Gasteiger partial charge on any atom is -0.383 e. The van der Waals surface area contributed by atoms with Crippen LogP contribution in [0.3, 0.4) is 0 Å². The molecule has 1 unspecified atom stereocenters. The molecule has 1 aliphatic heterocycles. The van der Waals surface area contributed by atoms with Crippen LogP contribution in [0.5, 0.6) is 0 Å². The van der Waals surface area contributed by atoms with Gasteiger partial charge in [0.05, 0.1) is 12.6 Å². The second-order valence-corrected chi connectivity index (χ2v) is 6.85. The Morgan fingerprint density at radius 3 is 2.88 bits per heavy atom. The normalized spacial score (nSPS) is 18.7. The molecule has 0 spiro atoms. The molecule has 0 bridgehead atoms. The van der Waals surface area contributed by atoms with E-state index in [1.807, 2.05) is 19.3 Å². The van der Waals surface area contributed by atoms with Gasteiger partial charge in [-0.1, -0.05) is 19.9 Å². The third-order valence-electron chi connectivity index (χ3n) is 4.35. The van der Waals surface area contributed by atoms with Crippen molar-refractivity contribution in [2.24, 2.45) is 5.92 Å². The van der Waals surface area contributed by atoms with Crippen LogP contribution >= 0.6 is 0 Å².